The molecule has 0 aliphatic heterocycles. The van der Waals surface area contributed by atoms with Crippen LogP contribution in [0.15, 0.2) is 24.3 Å². The van der Waals surface area contributed by atoms with E-state index in [-0.39, 0.29) is 0 Å². The fraction of sp³-hybridized carbons (Fsp3) is 0.500. The molecule has 0 amide bonds. The van der Waals surface area contributed by atoms with Crippen LogP contribution in [0.1, 0.15) is 26.3 Å². The molecule has 0 aliphatic carbocycles. The molecule has 1 aromatic rings. The maximum atomic E-state index is 10.2. The minimum absolute atomic E-state index is 0.365. The zero-order valence-electron chi connectivity index (χ0n) is 9.42. The van der Waals surface area contributed by atoms with Crippen LogP contribution < -0.4 is 5.32 Å². The summed E-state index contributed by atoms with van der Waals surface area (Å²) < 4.78 is 0. The highest BCUT2D eigenvalue weighted by Crippen LogP contribution is 2.21. The van der Waals surface area contributed by atoms with Crippen LogP contribution in [-0.4, -0.2) is 17.7 Å². The fourth-order valence-corrected chi connectivity index (χ4v) is 1.44. The standard InChI is InChI=1S/C12H18ClNO/c1-9(2)14-8-12(3,15)10-4-6-11(13)7-5-10/h4-7,9,14-15H,8H2,1-3H3/t12-/m0/s1. The van der Waals surface area contributed by atoms with Crippen molar-refractivity contribution >= 4 is 11.6 Å². The lowest BCUT2D eigenvalue weighted by molar-refractivity contribution is 0.0549. The van der Waals surface area contributed by atoms with E-state index in [0.29, 0.717) is 17.6 Å². The first-order chi connectivity index (χ1) is 6.92. The topological polar surface area (TPSA) is 32.3 Å². The number of rotatable bonds is 4. The van der Waals surface area contributed by atoms with Gasteiger partial charge in [0.2, 0.25) is 0 Å². The van der Waals surface area contributed by atoms with Gasteiger partial charge >= 0.3 is 0 Å². The maximum absolute atomic E-state index is 10.2. The fourth-order valence-electron chi connectivity index (χ4n) is 1.31. The predicted molar refractivity (Wildman–Crippen MR) is 64.2 cm³/mol. The molecule has 0 heterocycles. The Kier molecular flexibility index (Phi) is 4.14. The van der Waals surface area contributed by atoms with Gasteiger partial charge in [0.25, 0.3) is 0 Å². The van der Waals surface area contributed by atoms with Crippen molar-refractivity contribution in [2.75, 3.05) is 6.54 Å². The van der Waals surface area contributed by atoms with E-state index in [0.717, 1.165) is 5.56 Å². The number of hydrogen-bond acceptors (Lipinski definition) is 2. The van der Waals surface area contributed by atoms with Gasteiger partial charge in [-0.05, 0) is 24.6 Å². The van der Waals surface area contributed by atoms with Gasteiger partial charge in [-0.3, -0.25) is 0 Å². The summed E-state index contributed by atoms with van der Waals surface area (Å²) in [7, 11) is 0. The minimum atomic E-state index is -0.852. The molecule has 1 atom stereocenters. The van der Waals surface area contributed by atoms with Crippen molar-refractivity contribution in [1.82, 2.24) is 5.32 Å². The number of nitrogens with one attached hydrogen (secondary N) is 1. The quantitative estimate of drug-likeness (QED) is 0.829. The van der Waals surface area contributed by atoms with Gasteiger partial charge in [-0.25, -0.2) is 0 Å². The first-order valence-corrected chi connectivity index (χ1v) is 5.51. The summed E-state index contributed by atoms with van der Waals surface area (Å²) in [6.07, 6.45) is 0. The Balaban J connectivity index is 2.72. The average molecular weight is 228 g/mol. The SMILES string of the molecule is CC(C)NC[C@](C)(O)c1ccc(Cl)cc1. The number of halogens is 1. The summed E-state index contributed by atoms with van der Waals surface area (Å²) in [5.74, 6) is 0. The Bertz CT molecular complexity index is 306. The van der Waals surface area contributed by atoms with Crippen LogP contribution in [0.25, 0.3) is 0 Å². The summed E-state index contributed by atoms with van der Waals surface area (Å²) in [6, 6.07) is 7.65. The molecule has 15 heavy (non-hydrogen) atoms. The van der Waals surface area contributed by atoms with Gasteiger partial charge in [-0.1, -0.05) is 37.6 Å². The Labute approximate surface area is 96.3 Å². The third kappa shape index (κ3) is 3.82. The maximum Gasteiger partial charge on any atom is 0.0992 e. The monoisotopic (exact) mass is 227 g/mol. The van der Waals surface area contributed by atoms with Crippen LogP contribution in [0.5, 0.6) is 0 Å². The lowest BCUT2D eigenvalue weighted by Crippen LogP contribution is -2.38. The van der Waals surface area contributed by atoms with Gasteiger partial charge in [0.1, 0.15) is 0 Å². The predicted octanol–water partition coefficient (Wildman–Crippen LogP) is 2.55. The van der Waals surface area contributed by atoms with Gasteiger partial charge in [0.15, 0.2) is 0 Å². The van der Waals surface area contributed by atoms with Crippen molar-refractivity contribution in [2.24, 2.45) is 0 Å². The number of benzene rings is 1. The molecule has 0 radical (unpaired) electrons. The molecule has 0 fully saturated rings. The van der Waals surface area contributed by atoms with Gasteiger partial charge in [-0.15, -0.1) is 0 Å². The van der Waals surface area contributed by atoms with Crippen molar-refractivity contribution in [3.05, 3.63) is 34.9 Å². The summed E-state index contributed by atoms with van der Waals surface area (Å²) >= 11 is 5.79. The van der Waals surface area contributed by atoms with Crippen LogP contribution in [0.4, 0.5) is 0 Å². The Morgan fingerprint density at radius 2 is 1.87 bits per heavy atom. The van der Waals surface area contributed by atoms with E-state index >= 15 is 0 Å². The third-order valence-corrected chi connectivity index (χ3v) is 2.57. The molecular weight excluding hydrogens is 210 g/mol. The van der Waals surface area contributed by atoms with Crippen molar-refractivity contribution in [2.45, 2.75) is 32.4 Å². The lowest BCUT2D eigenvalue weighted by atomic mass is 9.96. The van der Waals surface area contributed by atoms with Gasteiger partial charge in [0, 0.05) is 17.6 Å². The van der Waals surface area contributed by atoms with Gasteiger partial charge < -0.3 is 10.4 Å². The molecule has 2 N–H and O–H groups in total. The van der Waals surface area contributed by atoms with Crippen molar-refractivity contribution in [3.63, 3.8) is 0 Å². The Morgan fingerprint density at radius 3 is 2.33 bits per heavy atom. The molecule has 2 nitrogen and oxygen atoms in total. The zero-order chi connectivity index (χ0) is 11.5. The van der Waals surface area contributed by atoms with E-state index < -0.39 is 5.60 Å². The van der Waals surface area contributed by atoms with E-state index in [1.807, 2.05) is 12.1 Å². The van der Waals surface area contributed by atoms with E-state index in [1.165, 1.54) is 0 Å². The highest BCUT2D eigenvalue weighted by atomic mass is 35.5. The van der Waals surface area contributed by atoms with Gasteiger partial charge in [0.05, 0.1) is 5.60 Å². The van der Waals surface area contributed by atoms with E-state index in [2.05, 4.69) is 19.2 Å². The first-order valence-electron chi connectivity index (χ1n) is 5.13. The molecule has 1 rings (SSSR count). The summed E-state index contributed by atoms with van der Waals surface area (Å²) in [6.45, 7) is 6.44. The lowest BCUT2D eigenvalue weighted by Gasteiger charge is -2.25. The van der Waals surface area contributed by atoms with Crippen LogP contribution in [0.2, 0.25) is 5.02 Å². The second kappa shape index (κ2) is 4.97. The normalized spacial score (nSPS) is 15.3. The average Bonchev–Trinajstić information content (AvgIpc) is 2.16. The Morgan fingerprint density at radius 1 is 1.33 bits per heavy atom. The molecule has 0 bridgehead atoms. The molecule has 1 aromatic carbocycles. The summed E-state index contributed by atoms with van der Waals surface area (Å²) in [5, 5.41) is 14.1. The molecule has 0 spiro atoms. The highest BCUT2D eigenvalue weighted by molar-refractivity contribution is 6.30. The van der Waals surface area contributed by atoms with Gasteiger partial charge in [-0.2, -0.15) is 0 Å². The minimum Gasteiger partial charge on any atom is -0.384 e. The zero-order valence-corrected chi connectivity index (χ0v) is 10.2. The van der Waals surface area contributed by atoms with E-state index in [9.17, 15) is 5.11 Å². The van der Waals surface area contributed by atoms with Crippen LogP contribution in [0.3, 0.4) is 0 Å². The third-order valence-electron chi connectivity index (χ3n) is 2.32. The summed E-state index contributed by atoms with van der Waals surface area (Å²) in [5.41, 5.74) is 0.0227. The van der Waals surface area contributed by atoms with Crippen LogP contribution in [-0.2, 0) is 5.60 Å². The summed E-state index contributed by atoms with van der Waals surface area (Å²) in [4.78, 5) is 0. The highest BCUT2D eigenvalue weighted by Gasteiger charge is 2.22. The van der Waals surface area contributed by atoms with E-state index in [4.69, 9.17) is 11.6 Å². The van der Waals surface area contributed by atoms with Crippen molar-refractivity contribution in [1.29, 1.82) is 0 Å². The molecule has 3 heteroatoms. The molecule has 0 saturated carbocycles. The second-order valence-electron chi connectivity index (χ2n) is 4.32. The largest absolute Gasteiger partial charge is 0.384 e. The van der Waals surface area contributed by atoms with Crippen LogP contribution >= 0.6 is 11.6 Å². The molecule has 84 valence electrons. The van der Waals surface area contributed by atoms with Crippen molar-refractivity contribution < 1.29 is 5.11 Å². The second-order valence-corrected chi connectivity index (χ2v) is 4.75. The van der Waals surface area contributed by atoms with Crippen LogP contribution in [0, 0.1) is 0 Å². The smallest absolute Gasteiger partial charge is 0.0992 e. The molecule has 0 aromatic heterocycles. The molecular formula is C12H18ClNO. The molecule has 0 aliphatic rings. The van der Waals surface area contributed by atoms with Crippen molar-refractivity contribution in [3.8, 4) is 0 Å². The first kappa shape index (κ1) is 12.5. The molecule has 0 saturated heterocycles. The molecule has 0 unspecified atom stereocenters. The number of hydrogen-bond donors (Lipinski definition) is 2. The Hall–Kier alpha value is -0.570. The number of aliphatic hydroxyl groups is 1. The van der Waals surface area contributed by atoms with E-state index in [1.54, 1.807) is 19.1 Å².